The highest BCUT2D eigenvalue weighted by molar-refractivity contribution is 7.17. The molecule has 1 saturated heterocycles. The number of piperazine rings is 1. The van der Waals surface area contributed by atoms with Gasteiger partial charge in [0.15, 0.2) is 0 Å². The number of ether oxygens (including phenoxy) is 1. The fourth-order valence-electron chi connectivity index (χ4n) is 4.56. The molecule has 0 radical (unpaired) electrons. The summed E-state index contributed by atoms with van der Waals surface area (Å²) >= 11 is 7.89. The molecule has 3 aromatic rings. The maximum absolute atomic E-state index is 12.1. The standard InChI is InChI=1S/C23H25ClN4O2S/c1-2-30-23(29)28-11-9-27(10-12-28)20-19-18(14-31-21(19)26-22(24)25-20)17-8-7-15-5-3-4-6-16(15)13-17/h7-8,13-14H,2-6,9-12H2,1H3. The van der Waals surface area contributed by atoms with Crippen LogP contribution in [0, 0.1) is 0 Å². The summed E-state index contributed by atoms with van der Waals surface area (Å²) in [6, 6.07) is 6.84. The van der Waals surface area contributed by atoms with Crippen molar-refractivity contribution in [3.05, 3.63) is 40.0 Å². The van der Waals surface area contributed by atoms with Crippen molar-refractivity contribution >= 4 is 45.1 Å². The molecule has 2 aromatic heterocycles. The summed E-state index contributed by atoms with van der Waals surface area (Å²) in [5.74, 6) is 0.854. The van der Waals surface area contributed by atoms with Gasteiger partial charge in [-0.15, -0.1) is 11.3 Å². The van der Waals surface area contributed by atoms with Crippen LogP contribution < -0.4 is 4.90 Å². The molecule has 1 aliphatic heterocycles. The van der Waals surface area contributed by atoms with E-state index >= 15 is 0 Å². The average molecular weight is 457 g/mol. The van der Waals surface area contributed by atoms with Gasteiger partial charge in [-0.2, -0.15) is 4.98 Å². The van der Waals surface area contributed by atoms with Crippen LogP contribution in [0.3, 0.4) is 0 Å². The molecule has 3 heterocycles. The van der Waals surface area contributed by atoms with E-state index in [1.165, 1.54) is 36.0 Å². The molecular weight excluding hydrogens is 432 g/mol. The SMILES string of the molecule is CCOC(=O)N1CCN(c2nc(Cl)nc3scc(-c4ccc5c(c4)CCCC5)c23)CC1. The Bertz CT molecular complexity index is 1120. The number of nitrogens with zero attached hydrogens (tertiary/aromatic N) is 4. The summed E-state index contributed by atoms with van der Waals surface area (Å²) in [6.07, 6.45) is 4.61. The highest BCUT2D eigenvalue weighted by atomic mass is 35.5. The Kier molecular flexibility index (Phi) is 5.71. The Morgan fingerprint density at radius 2 is 1.90 bits per heavy atom. The molecule has 0 atom stereocenters. The number of aromatic nitrogens is 2. The molecule has 1 amide bonds. The summed E-state index contributed by atoms with van der Waals surface area (Å²) in [6.45, 7) is 4.77. The number of thiophene rings is 1. The van der Waals surface area contributed by atoms with Gasteiger partial charge in [0.2, 0.25) is 5.28 Å². The van der Waals surface area contributed by atoms with Crippen LogP contribution in [0.4, 0.5) is 10.6 Å². The van der Waals surface area contributed by atoms with Gasteiger partial charge in [0.25, 0.3) is 0 Å². The Morgan fingerprint density at radius 1 is 1.13 bits per heavy atom. The molecule has 0 N–H and O–H groups in total. The van der Waals surface area contributed by atoms with Crippen LogP contribution in [0.25, 0.3) is 21.3 Å². The largest absolute Gasteiger partial charge is 0.450 e. The van der Waals surface area contributed by atoms with Gasteiger partial charge in [-0.3, -0.25) is 0 Å². The molecular formula is C23H25ClN4O2S. The summed E-state index contributed by atoms with van der Waals surface area (Å²) < 4.78 is 5.15. The van der Waals surface area contributed by atoms with Gasteiger partial charge in [0.1, 0.15) is 10.6 Å². The molecule has 8 heteroatoms. The second-order valence-electron chi connectivity index (χ2n) is 8.01. The summed E-state index contributed by atoms with van der Waals surface area (Å²) in [4.78, 5) is 26.0. The van der Waals surface area contributed by atoms with Crippen LogP contribution in [0.2, 0.25) is 5.28 Å². The van der Waals surface area contributed by atoms with Crippen LogP contribution in [-0.2, 0) is 17.6 Å². The zero-order valence-electron chi connectivity index (χ0n) is 17.6. The minimum absolute atomic E-state index is 0.252. The van der Waals surface area contributed by atoms with E-state index in [1.807, 2.05) is 6.92 Å². The molecule has 31 heavy (non-hydrogen) atoms. The summed E-state index contributed by atoms with van der Waals surface area (Å²) in [7, 11) is 0. The number of hydrogen-bond donors (Lipinski definition) is 0. The number of amides is 1. The van der Waals surface area contributed by atoms with Gasteiger partial charge in [-0.1, -0.05) is 18.2 Å². The fourth-order valence-corrected chi connectivity index (χ4v) is 5.71. The molecule has 1 fully saturated rings. The minimum atomic E-state index is -0.252. The molecule has 162 valence electrons. The maximum atomic E-state index is 12.1. The lowest BCUT2D eigenvalue weighted by Crippen LogP contribution is -2.49. The summed E-state index contributed by atoms with van der Waals surface area (Å²) in [5, 5.41) is 3.47. The van der Waals surface area contributed by atoms with Gasteiger partial charge in [-0.25, -0.2) is 9.78 Å². The van der Waals surface area contributed by atoms with E-state index in [1.54, 1.807) is 16.2 Å². The first kappa shape index (κ1) is 20.5. The molecule has 6 nitrogen and oxygen atoms in total. The van der Waals surface area contributed by atoms with Crippen molar-refractivity contribution in [3.63, 3.8) is 0 Å². The molecule has 0 saturated carbocycles. The summed E-state index contributed by atoms with van der Waals surface area (Å²) in [5.41, 5.74) is 5.31. The van der Waals surface area contributed by atoms with Crippen LogP contribution in [-0.4, -0.2) is 53.7 Å². The lowest BCUT2D eigenvalue weighted by Gasteiger charge is -2.35. The van der Waals surface area contributed by atoms with Gasteiger partial charge < -0.3 is 14.5 Å². The van der Waals surface area contributed by atoms with Crippen molar-refractivity contribution in [1.29, 1.82) is 0 Å². The van der Waals surface area contributed by atoms with Crippen molar-refractivity contribution in [1.82, 2.24) is 14.9 Å². The smallest absolute Gasteiger partial charge is 0.409 e. The highest BCUT2D eigenvalue weighted by Crippen LogP contribution is 2.40. The lowest BCUT2D eigenvalue weighted by atomic mass is 9.89. The van der Waals surface area contributed by atoms with E-state index in [9.17, 15) is 4.79 Å². The number of hydrogen-bond acceptors (Lipinski definition) is 6. The molecule has 1 aromatic carbocycles. The highest BCUT2D eigenvalue weighted by Gasteiger charge is 2.26. The van der Waals surface area contributed by atoms with Gasteiger partial charge in [0.05, 0.1) is 12.0 Å². The molecule has 1 aliphatic carbocycles. The van der Waals surface area contributed by atoms with Gasteiger partial charge in [-0.05, 0) is 60.9 Å². The van der Waals surface area contributed by atoms with E-state index in [4.69, 9.17) is 16.3 Å². The first-order chi connectivity index (χ1) is 15.1. The Hall–Kier alpha value is -2.38. The predicted molar refractivity (Wildman–Crippen MR) is 125 cm³/mol. The average Bonchev–Trinajstić information content (AvgIpc) is 3.22. The minimum Gasteiger partial charge on any atom is -0.450 e. The molecule has 0 unspecified atom stereocenters. The third-order valence-corrected chi connectivity index (χ3v) is 7.19. The van der Waals surface area contributed by atoms with Crippen LogP contribution in [0.1, 0.15) is 30.9 Å². The van der Waals surface area contributed by atoms with Gasteiger partial charge >= 0.3 is 6.09 Å². The van der Waals surface area contributed by atoms with Crippen LogP contribution in [0.5, 0.6) is 0 Å². The number of anilines is 1. The van der Waals surface area contributed by atoms with Crippen molar-refractivity contribution in [2.45, 2.75) is 32.6 Å². The molecule has 5 rings (SSSR count). The van der Waals surface area contributed by atoms with Crippen molar-refractivity contribution < 1.29 is 9.53 Å². The zero-order chi connectivity index (χ0) is 21.4. The predicted octanol–water partition coefficient (Wildman–Crippen LogP) is 5.17. The second kappa shape index (κ2) is 8.63. The normalized spacial score (nSPS) is 16.5. The number of aryl methyl sites for hydroxylation is 2. The maximum Gasteiger partial charge on any atom is 0.409 e. The topological polar surface area (TPSA) is 58.6 Å². The monoisotopic (exact) mass is 456 g/mol. The Balaban J connectivity index is 1.50. The lowest BCUT2D eigenvalue weighted by molar-refractivity contribution is 0.105. The Labute approximate surface area is 190 Å². The Morgan fingerprint density at radius 3 is 2.68 bits per heavy atom. The number of benzene rings is 1. The van der Waals surface area contributed by atoms with E-state index < -0.39 is 0 Å². The number of fused-ring (bicyclic) bond motifs is 2. The van der Waals surface area contributed by atoms with Crippen molar-refractivity contribution in [3.8, 4) is 11.1 Å². The zero-order valence-corrected chi connectivity index (χ0v) is 19.1. The fraction of sp³-hybridized carbons (Fsp3) is 0.435. The number of carbonyl (C=O) groups excluding carboxylic acids is 1. The quantitative estimate of drug-likeness (QED) is 0.509. The van der Waals surface area contributed by atoms with E-state index in [0.717, 1.165) is 28.0 Å². The van der Waals surface area contributed by atoms with E-state index in [0.29, 0.717) is 32.8 Å². The third-order valence-electron chi connectivity index (χ3n) is 6.15. The number of halogens is 1. The van der Waals surface area contributed by atoms with Crippen LogP contribution >= 0.6 is 22.9 Å². The van der Waals surface area contributed by atoms with E-state index in [-0.39, 0.29) is 11.4 Å². The second-order valence-corrected chi connectivity index (χ2v) is 9.21. The molecule has 0 bridgehead atoms. The number of carbonyl (C=O) groups is 1. The molecule has 2 aliphatic rings. The number of rotatable bonds is 3. The third kappa shape index (κ3) is 3.96. The van der Waals surface area contributed by atoms with Crippen molar-refractivity contribution in [2.24, 2.45) is 0 Å². The first-order valence-corrected chi connectivity index (χ1v) is 12.1. The van der Waals surface area contributed by atoms with Gasteiger partial charge in [0, 0.05) is 37.1 Å². The van der Waals surface area contributed by atoms with Crippen molar-refractivity contribution in [2.75, 3.05) is 37.7 Å². The first-order valence-electron chi connectivity index (χ1n) is 10.9. The van der Waals surface area contributed by atoms with E-state index in [2.05, 4.69) is 38.4 Å². The molecule has 0 spiro atoms. The van der Waals surface area contributed by atoms with Crippen LogP contribution in [0.15, 0.2) is 23.6 Å².